The average molecular weight is 456 g/mol. The summed E-state index contributed by atoms with van der Waals surface area (Å²) >= 11 is 7.31. The molecule has 6 nitrogen and oxygen atoms in total. The molecule has 0 fully saturated rings. The highest BCUT2D eigenvalue weighted by Crippen LogP contribution is 2.31. The van der Waals surface area contributed by atoms with Crippen molar-refractivity contribution in [2.75, 3.05) is 11.6 Å². The number of phenols is 1. The predicted octanol–water partition coefficient (Wildman–Crippen LogP) is 3.03. The summed E-state index contributed by atoms with van der Waals surface area (Å²) in [6.07, 6.45) is 1.04. The van der Waals surface area contributed by atoms with Crippen LogP contribution in [0.5, 0.6) is 5.75 Å². The Bertz CT molecular complexity index is 818. The first kappa shape index (κ1) is 16.4. The lowest BCUT2D eigenvalue weighted by molar-refractivity contribution is 0.102. The lowest BCUT2D eigenvalue weighted by Gasteiger charge is -2.06. The van der Waals surface area contributed by atoms with Gasteiger partial charge < -0.3 is 5.11 Å². The van der Waals surface area contributed by atoms with E-state index in [1.165, 1.54) is 17.5 Å². The van der Waals surface area contributed by atoms with Crippen LogP contribution in [0.15, 0.2) is 31.5 Å². The van der Waals surface area contributed by atoms with E-state index in [1.54, 1.807) is 0 Å². The number of carbonyl (C=O) groups is 1. The van der Waals surface area contributed by atoms with E-state index in [1.807, 2.05) is 0 Å². The number of nitrogens with zero attached hydrogens (tertiary/aromatic N) is 1. The van der Waals surface area contributed by atoms with Gasteiger partial charge in [0.1, 0.15) is 5.75 Å². The molecule has 10 heteroatoms. The number of hydrogen-bond acceptors (Lipinski definition) is 6. The molecule has 1 amide bonds. The highest BCUT2D eigenvalue weighted by atomic mass is 79.9. The molecule has 1 heterocycles. The molecule has 0 aliphatic carbocycles. The number of aromatic hydroxyl groups is 1. The monoisotopic (exact) mass is 454 g/mol. The largest absolute Gasteiger partial charge is 0.507 e. The van der Waals surface area contributed by atoms with Crippen LogP contribution >= 0.6 is 43.2 Å². The van der Waals surface area contributed by atoms with E-state index in [9.17, 15) is 18.3 Å². The van der Waals surface area contributed by atoms with Gasteiger partial charge in [-0.15, -0.1) is 11.3 Å². The minimum atomic E-state index is -3.40. The number of thiazole rings is 1. The SMILES string of the molecule is CS(=O)(=O)c1csc(NC(=O)c2cc(Br)c(O)cc2Br)n1. The average Bonchev–Trinajstić information content (AvgIpc) is 2.82. The number of hydrogen-bond donors (Lipinski definition) is 2. The van der Waals surface area contributed by atoms with Gasteiger partial charge in [0.25, 0.3) is 5.91 Å². The second kappa shape index (κ2) is 6.03. The van der Waals surface area contributed by atoms with E-state index in [0.29, 0.717) is 8.95 Å². The highest BCUT2D eigenvalue weighted by Gasteiger charge is 2.17. The molecular weight excluding hydrogens is 448 g/mol. The number of amides is 1. The maximum Gasteiger partial charge on any atom is 0.258 e. The Balaban J connectivity index is 2.26. The van der Waals surface area contributed by atoms with Gasteiger partial charge >= 0.3 is 0 Å². The molecule has 0 saturated heterocycles. The molecule has 2 rings (SSSR count). The number of anilines is 1. The van der Waals surface area contributed by atoms with Crippen LogP contribution in [0.4, 0.5) is 5.13 Å². The molecule has 0 radical (unpaired) electrons. The third-order valence-corrected chi connectivity index (χ3v) is 5.53. The van der Waals surface area contributed by atoms with Gasteiger partial charge in [0.2, 0.25) is 0 Å². The van der Waals surface area contributed by atoms with E-state index in [2.05, 4.69) is 42.2 Å². The van der Waals surface area contributed by atoms with E-state index in [0.717, 1.165) is 17.6 Å². The van der Waals surface area contributed by atoms with Crippen molar-refractivity contribution in [2.24, 2.45) is 0 Å². The normalized spacial score (nSPS) is 11.4. The summed E-state index contributed by atoms with van der Waals surface area (Å²) in [6.45, 7) is 0. The van der Waals surface area contributed by atoms with Gasteiger partial charge in [0, 0.05) is 16.1 Å². The van der Waals surface area contributed by atoms with Gasteiger partial charge in [0.05, 0.1) is 10.0 Å². The maximum absolute atomic E-state index is 12.1. The predicted molar refractivity (Wildman–Crippen MR) is 86.7 cm³/mol. The second-order valence-corrected chi connectivity index (χ2v) is 8.53. The summed E-state index contributed by atoms with van der Waals surface area (Å²) in [4.78, 5) is 16.0. The first-order chi connectivity index (χ1) is 9.68. The summed E-state index contributed by atoms with van der Waals surface area (Å²) in [6, 6.07) is 2.82. The topological polar surface area (TPSA) is 96.4 Å². The van der Waals surface area contributed by atoms with Crippen molar-refractivity contribution in [2.45, 2.75) is 5.03 Å². The number of benzene rings is 1. The van der Waals surface area contributed by atoms with Crippen molar-refractivity contribution in [1.82, 2.24) is 4.98 Å². The molecule has 2 aromatic rings. The highest BCUT2D eigenvalue weighted by molar-refractivity contribution is 9.11. The van der Waals surface area contributed by atoms with E-state index in [4.69, 9.17) is 0 Å². The Labute approximate surface area is 141 Å². The van der Waals surface area contributed by atoms with Crippen LogP contribution < -0.4 is 5.32 Å². The van der Waals surface area contributed by atoms with Crippen molar-refractivity contribution in [1.29, 1.82) is 0 Å². The summed E-state index contributed by atoms with van der Waals surface area (Å²) in [7, 11) is -3.40. The lowest BCUT2D eigenvalue weighted by atomic mass is 10.2. The summed E-state index contributed by atoms with van der Waals surface area (Å²) < 4.78 is 23.4. The molecular formula is C11H8Br2N2O4S2. The van der Waals surface area contributed by atoms with Crippen molar-refractivity contribution >= 4 is 64.1 Å². The van der Waals surface area contributed by atoms with Crippen molar-refractivity contribution in [3.8, 4) is 5.75 Å². The van der Waals surface area contributed by atoms with Crippen LogP contribution in [0.3, 0.4) is 0 Å². The second-order valence-electron chi connectivity index (χ2n) is 4.00. The lowest BCUT2D eigenvalue weighted by Crippen LogP contribution is -2.12. The zero-order valence-electron chi connectivity index (χ0n) is 10.4. The van der Waals surface area contributed by atoms with Gasteiger partial charge in [-0.3, -0.25) is 10.1 Å². The summed E-state index contributed by atoms with van der Waals surface area (Å²) in [5.41, 5.74) is 0.274. The smallest absolute Gasteiger partial charge is 0.258 e. The van der Waals surface area contributed by atoms with E-state index < -0.39 is 15.7 Å². The minimum Gasteiger partial charge on any atom is -0.507 e. The van der Waals surface area contributed by atoms with Crippen molar-refractivity contribution in [3.63, 3.8) is 0 Å². The van der Waals surface area contributed by atoms with Gasteiger partial charge in [-0.2, -0.15) is 0 Å². The first-order valence-electron chi connectivity index (χ1n) is 5.33. The molecule has 0 aliphatic rings. The fourth-order valence-electron chi connectivity index (χ4n) is 1.36. The third kappa shape index (κ3) is 3.82. The van der Waals surface area contributed by atoms with Crippen LogP contribution in [0.2, 0.25) is 0 Å². The molecule has 0 bridgehead atoms. The van der Waals surface area contributed by atoms with Gasteiger partial charge in [0.15, 0.2) is 20.0 Å². The fourth-order valence-corrected chi connectivity index (χ4v) is 3.94. The maximum atomic E-state index is 12.1. The molecule has 0 spiro atoms. The Kier molecular flexibility index (Phi) is 4.71. The number of nitrogens with one attached hydrogen (secondary N) is 1. The summed E-state index contributed by atoms with van der Waals surface area (Å²) in [5.74, 6) is -0.482. The molecule has 0 aliphatic heterocycles. The number of aromatic nitrogens is 1. The molecule has 0 unspecified atom stereocenters. The Morgan fingerprint density at radius 1 is 1.33 bits per heavy atom. The Morgan fingerprint density at radius 3 is 2.57 bits per heavy atom. The van der Waals surface area contributed by atoms with Crippen LogP contribution in [0.25, 0.3) is 0 Å². The number of halogens is 2. The molecule has 0 atom stereocenters. The zero-order valence-corrected chi connectivity index (χ0v) is 15.2. The molecule has 2 N–H and O–H groups in total. The molecule has 21 heavy (non-hydrogen) atoms. The minimum absolute atomic E-state index is 0.00737. The van der Waals surface area contributed by atoms with Gasteiger partial charge in [-0.25, -0.2) is 13.4 Å². The molecule has 0 saturated carbocycles. The Hall–Kier alpha value is -0.970. The quantitative estimate of drug-likeness (QED) is 0.741. The van der Waals surface area contributed by atoms with Gasteiger partial charge in [-0.1, -0.05) is 0 Å². The van der Waals surface area contributed by atoms with Crippen LogP contribution in [-0.4, -0.2) is 30.7 Å². The molecule has 112 valence electrons. The summed E-state index contributed by atoms with van der Waals surface area (Å²) in [5, 5.41) is 13.5. The van der Waals surface area contributed by atoms with Crippen molar-refractivity contribution in [3.05, 3.63) is 32.0 Å². The van der Waals surface area contributed by atoms with E-state index >= 15 is 0 Å². The number of phenolic OH excluding ortho intramolecular Hbond substituents is 1. The molecule has 1 aromatic carbocycles. The molecule has 1 aromatic heterocycles. The standard InChI is InChI=1S/C11H8Br2N2O4S2/c1-21(18,19)9-4-20-11(14-9)15-10(17)5-2-7(13)8(16)3-6(5)12/h2-4,16H,1H3,(H,14,15,17). The van der Waals surface area contributed by atoms with Crippen LogP contribution in [0, 0.1) is 0 Å². The Morgan fingerprint density at radius 2 is 2.00 bits per heavy atom. The van der Waals surface area contributed by atoms with Crippen LogP contribution in [0.1, 0.15) is 10.4 Å². The number of carbonyl (C=O) groups excluding carboxylic acids is 1. The van der Waals surface area contributed by atoms with Crippen LogP contribution in [-0.2, 0) is 9.84 Å². The number of rotatable bonds is 3. The van der Waals surface area contributed by atoms with E-state index in [-0.39, 0.29) is 21.5 Å². The zero-order chi connectivity index (χ0) is 15.8. The first-order valence-corrected chi connectivity index (χ1v) is 9.69. The van der Waals surface area contributed by atoms with Crippen molar-refractivity contribution < 1.29 is 18.3 Å². The third-order valence-electron chi connectivity index (χ3n) is 2.36. The number of sulfone groups is 1. The van der Waals surface area contributed by atoms with Gasteiger partial charge in [-0.05, 0) is 44.0 Å². The fraction of sp³-hybridized carbons (Fsp3) is 0.0909.